The molecule has 1 rings (SSSR count). The molecule has 0 aromatic heterocycles. The van der Waals surface area contributed by atoms with Crippen LogP contribution < -0.4 is 15.2 Å². The van der Waals surface area contributed by atoms with Gasteiger partial charge in [0, 0.05) is 12.6 Å². The number of ether oxygens (including phenoxy) is 2. The number of benzene rings is 1. The molecule has 0 heterocycles. The highest BCUT2D eigenvalue weighted by atomic mass is 16.5. The molecule has 0 unspecified atom stereocenters. The molecule has 46 heavy (non-hydrogen) atoms. The van der Waals surface area contributed by atoms with Gasteiger partial charge in [-0.25, -0.2) is 0 Å². The van der Waals surface area contributed by atoms with Crippen LogP contribution in [0.1, 0.15) is 225 Å². The minimum atomic E-state index is 0.519. The lowest BCUT2D eigenvalue weighted by atomic mass is 10.0. The number of rotatable bonds is 37. The Balaban J connectivity index is 1.95. The zero-order chi connectivity index (χ0) is 33.0. The summed E-state index contributed by atoms with van der Waals surface area (Å²) >= 11 is 0. The Morgan fingerprint density at radius 2 is 0.587 bits per heavy atom. The van der Waals surface area contributed by atoms with Gasteiger partial charge in [-0.05, 0) is 30.5 Å². The number of hydrogen-bond donors (Lipinski definition) is 1. The first-order valence-electron chi connectivity index (χ1n) is 20.9. The van der Waals surface area contributed by atoms with Crippen LogP contribution in [0.3, 0.4) is 0 Å². The van der Waals surface area contributed by atoms with Crippen molar-refractivity contribution in [2.75, 3.05) is 13.2 Å². The lowest BCUT2D eigenvalue weighted by molar-refractivity contribution is 0.289. The molecule has 0 spiro atoms. The molecule has 1 aromatic rings. The number of unbranched alkanes of at least 4 members (excludes halogenated alkanes) is 30. The predicted molar refractivity (Wildman–Crippen MR) is 204 cm³/mol. The summed E-state index contributed by atoms with van der Waals surface area (Å²) in [6.45, 7) is 6.68. The van der Waals surface area contributed by atoms with Crippen molar-refractivity contribution in [2.45, 2.75) is 226 Å². The molecule has 270 valence electrons. The summed E-state index contributed by atoms with van der Waals surface area (Å²) in [4.78, 5) is 0. The molecule has 3 heteroatoms. The summed E-state index contributed by atoms with van der Waals surface area (Å²) in [6.07, 6.45) is 44.5. The van der Waals surface area contributed by atoms with E-state index >= 15 is 0 Å². The summed E-state index contributed by atoms with van der Waals surface area (Å²) < 4.78 is 12.2. The summed E-state index contributed by atoms with van der Waals surface area (Å²) in [5.74, 6) is 1.82. The third kappa shape index (κ3) is 29.0. The molecular weight excluding hydrogens is 562 g/mol. The molecule has 0 bridgehead atoms. The van der Waals surface area contributed by atoms with Gasteiger partial charge in [0.1, 0.15) is 11.5 Å². The molecule has 0 aliphatic heterocycles. The van der Waals surface area contributed by atoms with Gasteiger partial charge in [0.25, 0.3) is 0 Å². The maximum Gasteiger partial charge on any atom is 0.123 e. The molecule has 0 radical (unpaired) electrons. The monoisotopic (exact) mass is 644 g/mol. The van der Waals surface area contributed by atoms with E-state index in [4.69, 9.17) is 15.2 Å². The zero-order valence-corrected chi connectivity index (χ0v) is 31.4. The van der Waals surface area contributed by atoms with E-state index in [1.54, 1.807) is 0 Å². The van der Waals surface area contributed by atoms with Gasteiger partial charge in [0.05, 0.1) is 13.2 Å². The van der Waals surface area contributed by atoms with Crippen LogP contribution in [-0.4, -0.2) is 13.2 Å². The summed E-state index contributed by atoms with van der Waals surface area (Å²) in [7, 11) is 0. The normalized spacial score (nSPS) is 11.4. The van der Waals surface area contributed by atoms with Gasteiger partial charge in [0.2, 0.25) is 0 Å². The topological polar surface area (TPSA) is 44.5 Å². The first-order chi connectivity index (χ1) is 22.8. The van der Waals surface area contributed by atoms with Crippen molar-refractivity contribution in [3.05, 3.63) is 23.8 Å². The van der Waals surface area contributed by atoms with E-state index in [1.165, 1.54) is 193 Å². The smallest absolute Gasteiger partial charge is 0.123 e. The third-order valence-electron chi connectivity index (χ3n) is 9.71. The van der Waals surface area contributed by atoms with Gasteiger partial charge in [-0.15, -0.1) is 0 Å². The van der Waals surface area contributed by atoms with Crippen molar-refractivity contribution in [3.63, 3.8) is 0 Å². The molecule has 0 aliphatic rings. The third-order valence-corrected chi connectivity index (χ3v) is 9.71. The fourth-order valence-electron chi connectivity index (χ4n) is 6.60. The van der Waals surface area contributed by atoms with Gasteiger partial charge >= 0.3 is 0 Å². The van der Waals surface area contributed by atoms with Crippen molar-refractivity contribution < 1.29 is 9.47 Å². The second-order valence-corrected chi connectivity index (χ2v) is 14.3. The average Bonchev–Trinajstić information content (AvgIpc) is 3.07. The van der Waals surface area contributed by atoms with E-state index < -0.39 is 0 Å². The van der Waals surface area contributed by atoms with Crippen LogP contribution in [0.15, 0.2) is 18.2 Å². The summed E-state index contributed by atoms with van der Waals surface area (Å²) in [6, 6.07) is 6.21. The highest BCUT2D eigenvalue weighted by Gasteiger charge is 2.04. The fourth-order valence-corrected chi connectivity index (χ4v) is 6.60. The van der Waals surface area contributed by atoms with E-state index in [9.17, 15) is 0 Å². The number of nitrogens with two attached hydrogens (primary N) is 1. The molecule has 0 amide bonds. The Bertz CT molecular complexity index is 679. The standard InChI is InChI=1S/C43H81NO2/c1-3-5-7-9-11-13-15-17-19-21-23-25-27-29-31-33-35-45-42-37-41(40-44)38-43(39-42)46-36-34-32-30-28-26-24-22-20-18-16-14-12-10-8-6-4-2/h37-39H,3-36,40,44H2,1-2H3. The van der Waals surface area contributed by atoms with Crippen LogP contribution in [0, 0.1) is 0 Å². The SMILES string of the molecule is CCCCCCCCCCCCCCCCCCOc1cc(CN)cc(OCCCCCCCCCCCCCCCCCC)c1. The average molecular weight is 644 g/mol. The number of hydrogen-bond acceptors (Lipinski definition) is 3. The lowest BCUT2D eigenvalue weighted by Gasteiger charge is -2.12. The van der Waals surface area contributed by atoms with Crippen LogP contribution >= 0.6 is 0 Å². The van der Waals surface area contributed by atoms with Crippen LogP contribution in [0.5, 0.6) is 11.5 Å². The highest BCUT2D eigenvalue weighted by Crippen LogP contribution is 2.24. The minimum Gasteiger partial charge on any atom is -0.493 e. The Morgan fingerprint density at radius 1 is 0.348 bits per heavy atom. The van der Waals surface area contributed by atoms with E-state index in [0.29, 0.717) is 6.54 Å². The molecule has 0 atom stereocenters. The Labute approximate surface area is 289 Å². The van der Waals surface area contributed by atoms with Crippen LogP contribution in [0.25, 0.3) is 0 Å². The van der Waals surface area contributed by atoms with Gasteiger partial charge in [-0.1, -0.05) is 206 Å². The largest absolute Gasteiger partial charge is 0.493 e. The predicted octanol–water partition coefficient (Wildman–Crippen LogP) is 14.4. The molecule has 0 aliphatic carbocycles. The van der Waals surface area contributed by atoms with E-state index in [2.05, 4.69) is 32.0 Å². The van der Waals surface area contributed by atoms with Gasteiger partial charge in [-0.3, -0.25) is 0 Å². The molecule has 2 N–H and O–H groups in total. The molecule has 0 saturated heterocycles. The van der Waals surface area contributed by atoms with Crippen molar-refractivity contribution in [2.24, 2.45) is 5.73 Å². The van der Waals surface area contributed by atoms with Crippen LogP contribution in [-0.2, 0) is 6.54 Å². The van der Waals surface area contributed by atoms with E-state index in [-0.39, 0.29) is 0 Å². The first kappa shape index (κ1) is 42.8. The molecule has 3 nitrogen and oxygen atoms in total. The Morgan fingerprint density at radius 3 is 0.826 bits per heavy atom. The van der Waals surface area contributed by atoms with Gasteiger partial charge < -0.3 is 15.2 Å². The maximum absolute atomic E-state index is 6.11. The van der Waals surface area contributed by atoms with Crippen molar-refractivity contribution in [3.8, 4) is 11.5 Å². The first-order valence-corrected chi connectivity index (χ1v) is 20.9. The second kappa shape index (κ2) is 35.1. The Hall–Kier alpha value is -1.22. The lowest BCUT2D eigenvalue weighted by Crippen LogP contribution is -2.03. The zero-order valence-electron chi connectivity index (χ0n) is 31.4. The fraction of sp³-hybridized carbons (Fsp3) is 0.860. The van der Waals surface area contributed by atoms with Crippen molar-refractivity contribution in [1.82, 2.24) is 0 Å². The molecule has 0 saturated carbocycles. The Kier molecular flexibility index (Phi) is 32.7. The molecule has 0 fully saturated rings. The van der Waals surface area contributed by atoms with Crippen molar-refractivity contribution in [1.29, 1.82) is 0 Å². The van der Waals surface area contributed by atoms with E-state index in [0.717, 1.165) is 43.1 Å². The molecular formula is C43H81NO2. The summed E-state index contributed by atoms with van der Waals surface area (Å²) in [5.41, 5.74) is 7.06. The maximum atomic E-state index is 6.11. The summed E-state index contributed by atoms with van der Waals surface area (Å²) in [5, 5.41) is 0. The van der Waals surface area contributed by atoms with Crippen LogP contribution in [0.4, 0.5) is 0 Å². The van der Waals surface area contributed by atoms with Crippen LogP contribution in [0.2, 0.25) is 0 Å². The second-order valence-electron chi connectivity index (χ2n) is 14.3. The van der Waals surface area contributed by atoms with Crippen molar-refractivity contribution >= 4 is 0 Å². The van der Waals surface area contributed by atoms with Gasteiger partial charge in [-0.2, -0.15) is 0 Å². The highest BCUT2D eigenvalue weighted by molar-refractivity contribution is 5.38. The van der Waals surface area contributed by atoms with E-state index in [1.807, 2.05) is 0 Å². The quantitative estimate of drug-likeness (QED) is 0.0734. The molecule has 1 aromatic carbocycles. The minimum absolute atomic E-state index is 0.519. The van der Waals surface area contributed by atoms with Gasteiger partial charge in [0.15, 0.2) is 0 Å².